The fraction of sp³-hybridized carbons (Fsp3) is 0.462. The largest absolute Gasteiger partial charge is 0.383 e. The summed E-state index contributed by atoms with van der Waals surface area (Å²) in [7, 11) is 3.35. The second-order valence-electron chi connectivity index (χ2n) is 3.78. The summed E-state index contributed by atoms with van der Waals surface area (Å²) in [6.07, 6.45) is 0. The molecule has 0 aliphatic rings. The highest BCUT2D eigenvalue weighted by atomic mass is 32.2. The van der Waals surface area contributed by atoms with Crippen molar-refractivity contribution in [3.63, 3.8) is 0 Å². The maximum absolute atomic E-state index is 11.1. The number of hydrogen-bond acceptors (Lipinski definition) is 4. The van der Waals surface area contributed by atoms with Crippen LogP contribution in [0.5, 0.6) is 0 Å². The predicted octanol–water partition coefficient (Wildman–Crippen LogP) is 1.26. The lowest BCUT2D eigenvalue weighted by Gasteiger charge is -2.05. The Balaban J connectivity index is 2.31. The standard InChI is InChI=1S/C13H20N2O2S/c1-14-13(16)10-18-12-5-3-11(4-6-12)9-15-7-8-17-2/h3-6,15H,7-10H2,1-2H3,(H,14,16). The highest BCUT2D eigenvalue weighted by Crippen LogP contribution is 2.17. The van der Waals surface area contributed by atoms with E-state index in [0.29, 0.717) is 5.75 Å². The van der Waals surface area contributed by atoms with E-state index in [1.54, 1.807) is 25.9 Å². The molecule has 0 saturated carbocycles. The van der Waals surface area contributed by atoms with E-state index in [2.05, 4.69) is 22.8 Å². The number of carbonyl (C=O) groups excluding carboxylic acids is 1. The minimum Gasteiger partial charge on any atom is -0.383 e. The maximum atomic E-state index is 11.1. The van der Waals surface area contributed by atoms with E-state index in [-0.39, 0.29) is 5.91 Å². The Bertz CT molecular complexity index is 355. The molecule has 0 spiro atoms. The number of ether oxygens (including phenoxy) is 1. The molecule has 0 aliphatic heterocycles. The number of thioether (sulfide) groups is 1. The zero-order valence-corrected chi connectivity index (χ0v) is 11.7. The van der Waals surface area contributed by atoms with Crippen LogP contribution >= 0.6 is 11.8 Å². The Kier molecular flexibility index (Phi) is 7.48. The van der Waals surface area contributed by atoms with Crippen molar-refractivity contribution < 1.29 is 9.53 Å². The van der Waals surface area contributed by atoms with Gasteiger partial charge in [0.25, 0.3) is 0 Å². The van der Waals surface area contributed by atoms with Gasteiger partial charge in [0.05, 0.1) is 12.4 Å². The van der Waals surface area contributed by atoms with Crippen molar-refractivity contribution in [2.75, 3.05) is 33.1 Å². The van der Waals surface area contributed by atoms with Gasteiger partial charge in [-0.05, 0) is 17.7 Å². The monoisotopic (exact) mass is 268 g/mol. The van der Waals surface area contributed by atoms with Gasteiger partial charge in [0.2, 0.25) is 5.91 Å². The maximum Gasteiger partial charge on any atom is 0.230 e. The SMILES string of the molecule is CNC(=O)CSc1ccc(CNCCOC)cc1. The summed E-state index contributed by atoms with van der Waals surface area (Å²) >= 11 is 1.54. The third-order valence-corrected chi connectivity index (χ3v) is 3.40. The van der Waals surface area contributed by atoms with Crippen LogP contribution in [-0.4, -0.2) is 39.0 Å². The van der Waals surface area contributed by atoms with E-state index >= 15 is 0 Å². The lowest BCUT2D eigenvalue weighted by atomic mass is 10.2. The van der Waals surface area contributed by atoms with Gasteiger partial charge in [-0.2, -0.15) is 0 Å². The molecule has 4 nitrogen and oxygen atoms in total. The van der Waals surface area contributed by atoms with Crippen molar-refractivity contribution in [1.82, 2.24) is 10.6 Å². The summed E-state index contributed by atoms with van der Waals surface area (Å²) in [6, 6.07) is 8.24. The van der Waals surface area contributed by atoms with Crippen molar-refractivity contribution in [2.24, 2.45) is 0 Å². The van der Waals surface area contributed by atoms with E-state index in [9.17, 15) is 4.79 Å². The summed E-state index contributed by atoms with van der Waals surface area (Å²) in [5.74, 6) is 0.507. The van der Waals surface area contributed by atoms with Crippen LogP contribution in [0.25, 0.3) is 0 Å². The van der Waals surface area contributed by atoms with Crippen molar-refractivity contribution in [2.45, 2.75) is 11.4 Å². The van der Waals surface area contributed by atoms with Crippen LogP contribution in [0, 0.1) is 0 Å². The number of nitrogens with one attached hydrogen (secondary N) is 2. The van der Waals surface area contributed by atoms with Gasteiger partial charge in [0, 0.05) is 32.1 Å². The van der Waals surface area contributed by atoms with Crippen LogP contribution in [-0.2, 0) is 16.1 Å². The Labute approximate surface area is 112 Å². The molecule has 18 heavy (non-hydrogen) atoms. The molecule has 1 aromatic carbocycles. The van der Waals surface area contributed by atoms with E-state index in [0.717, 1.165) is 24.6 Å². The zero-order chi connectivity index (χ0) is 13.2. The first-order valence-electron chi connectivity index (χ1n) is 5.88. The molecule has 0 aromatic heterocycles. The first-order chi connectivity index (χ1) is 8.76. The highest BCUT2D eigenvalue weighted by molar-refractivity contribution is 8.00. The van der Waals surface area contributed by atoms with Crippen LogP contribution in [0.2, 0.25) is 0 Å². The molecule has 2 N–H and O–H groups in total. The second kappa shape index (κ2) is 8.97. The van der Waals surface area contributed by atoms with E-state index in [1.165, 1.54) is 5.56 Å². The molecule has 1 aromatic rings. The van der Waals surface area contributed by atoms with Crippen molar-refractivity contribution in [3.05, 3.63) is 29.8 Å². The Hall–Kier alpha value is -1.04. The number of carbonyl (C=O) groups is 1. The third kappa shape index (κ3) is 6.05. The molecule has 5 heteroatoms. The van der Waals surface area contributed by atoms with Crippen LogP contribution in [0.3, 0.4) is 0 Å². The predicted molar refractivity (Wildman–Crippen MR) is 74.8 cm³/mol. The van der Waals surface area contributed by atoms with E-state index < -0.39 is 0 Å². The molecule has 1 rings (SSSR count). The fourth-order valence-electron chi connectivity index (χ4n) is 1.33. The van der Waals surface area contributed by atoms with Crippen molar-refractivity contribution >= 4 is 17.7 Å². The van der Waals surface area contributed by atoms with E-state index in [4.69, 9.17) is 4.74 Å². The summed E-state index contributed by atoms with van der Waals surface area (Å²) in [5.41, 5.74) is 1.23. The molecular weight excluding hydrogens is 248 g/mol. The van der Waals surface area contributed by atoms with Gasteiger partial charge in [-0.3, -0.25) is 4.79 Å². The summed E-state index contributed by atoms with van der Waals surface area (Å²) in [4.78, 5) is 12.2. The molecule has 100 valence electrons. The topological polar surface area (TPSA) is 50.4 Å². The van der Waals surface area contributed by atoms with Crippen molar-refractivity contribution in [3.8, 4) is 0 Å². The van der Waals surface area contributed by atoms with Crippen LogP contribution in [0.4, 0.5) is 0 Å². The van der Waals surface area contributed by atoms with Gasteiger partial charge in [0.1, 0.15) is 0 Å². The Morgan fingerprint density at radius 3 is 2.67 bits per heavy atom. The number of rotatable bonds is 8. The van der Waals surface area contributed by atoms with Gasteiger partial charge >= 0.3 is 0 Å². The number of methoxy groups -OCH3 is 1. The van der Waals surface area contributed by atoms with Gasteiger partial charge in [-0.15, -0.1) is 11.8 Å². The average molecular weight is 268 g/mol. The van der Waals surface area contributed by atoms with Crippen molar-refractivity contribution in [1.29, 1.82) is 0 Å². The fourth-order valence-corrected chi connectivity index (χ4v) is 2.10. The van der Waals surface area contributed by atoms with Gasteiger partial charge in [0.15, 0.2) is 0 Å². The van der Waals surface area contributed by atoms with E-state index in [1.807, 2.05) is 12.1 Å². The first kappa shape index (κ1) is 15.0. The van der Waals surface area contributed by atoms with Crippen LogP contribution in [0.1, 0.15) is 5.56 Å². The molecule has 0 bridgehead atoms. The quantitative estimate of drug-likeness (QED) is 0.550. The summed E-state index contributed by atoms with van der Waals surface area (Å²) in [5, 5.41) is 5.89. The van der Waals surface area contributed by atoms with Gasteiger partial charge in [-0.1, -0.05) is 12.1 Å². The lowest BCUT2D eigenvalue weighted by molar-refractivity contribution is -0.118. The number of benzene rings is 1. The van der Waals surface area contributed by atoms with Crippen LogP contribution < -0.4 is 10.6 Å². The molecule has 0 fully saturated rings. The highest BCUT2D eigenvalue weighted by Gasteiger charge is 2.00. The Morgan fingerprint density at radius 2 is 2.06 bits per heavy atom. The van der Waals surface area contributed by atoms with Gasteiger partial charge in [-0.25, -0.2) is 0 Å². The normalized spacial score (nSPS) is 10.3. The number of hydrogen-bond donors (Lipinski definition) is 2. The smallest absolute Gasteiger partial charge is 0.230 e. The average Bonchev–Trinajstić information content (AvgIpc) is 2.42. The minimum atomic E-state index is 0.0466. The summed E-state index contributed by atoms with van der Waals surface area (Å²) < 4.78 is 4.96. The molecule has 0 atom stereocenters. The molecule has 0 aliphatic carbocycles. The first-order valence-corrected chi connectivity index (χ1v) is 6.87. The zero-order valence-electron chi connectivity index (χ0n) is 10.9. The molecule has 0 heterocycles. The van der Waals surface area contributed by atoms with Crippen LogP contribution in [0.15, 0.2) is 29.2 Å². The third-order valence-electron chi connectivity index (χ3n) is 2.38. The Morgan fingerprint density at radius 1 is 1.33 bits per heavy atom. The molecule has 0 saturated heterocycles. The molecule has 0 radical (unpaired) electrons. The second-order valence-corrected chi connectivity index (χ2v) is 4.82. The van der Waals surface area contributed by atoms with Gasteiger partial charge < -0.3 is 15.4 Å². The molecule has 1 amide bonds. The lowest BCUT2D eigenvalue weighted by Crippen LogP contribution is -2.19. The molecular formula is C13H20N2O2S. The minimum absolute atomic E-state index is 0.0466. The summed E-state index contributed by atoms with van der Waals surface area (Å²) in [6.45, 7) is 2.41. The molecule has 0 unspecified atom stereocenters. The number of amides is 1.